The Bertz CT molecular complexity index is 1690. The number of aliphatic carboxylic acids is 1. The van der Waals surface area contributed by atoms with Gasteiger partial charge in [-0.3, -0.25) is 14.5 Å². The minimum atomic E-state index is -1.10. The van der Waals surface area contributed by atoms with E-state index in [0.717, 1.165) is 39.3 Å². The first-order valence-electron chi connectivity index (χ1n) is 12.9. The Morgan fingerprint density at radius 1 is 0.875 bits per heavy atom. The zero-order valence-electron chi connectivity index (χ0n) is 22.0. The van der Waals surface area contributed by atoms with Crippen molar-refractivity contribution in [1.29, 1.82) is 0 Å². The van der Waals surface area contributed by atoms with Crippen molar-refractivity contribution in [1.82, 2.24) is 4.90 Å². The molecule has 4 aromatic rings. The van der Waals surface area contributed by atoms with Crippen molar-refractivity contribution in [2.24, 2.45) is 0 Å². The van der Waals surface area contributed by atoms with Crippen LogP contribution in [0.2, 0.25) is 0 Å². The van der Waals surface area contributed by atoms with Gasteiger partial charge in [-0.1, -0.05) is 98.5 Å². The zero-order valence-corrected chi connectivity index (χ0v) is 23.6. The highest BCUT2D eigenvalue weighted by molar-refractivity contribution is 8.26. The molecule has 4 aromatic carbocycles. The largest absolute Gasteiger partial charge is 0.480 e. The smallest absolute Gasteiger partial charge is 0.323 e. The molecule has 0 spiro atoms. The van der Waals surface area contributed by atoms with Crippen LogP contribution in [0.3, 0.4) is 0 Å². The quantitative estimate of drug-likeness (QED) is 0.192. The number of carboxylic acids is 1. The molecule has 5 nitrogen and oxygen atoms in total. The highest BCUT2D eigenvalue weighted by atomic mass is 32.2. The number of carbonyl (C=O) groups is 2. The molecule has 198 valence electrons. The average molecular weight is 563 g/mol. The second kappa shape index (κ2) is 10.1. The average Bonchev–Trinajstić information content (AvgIpc) is 3.34. The molecule has 0 atom stereocenters. The minimum absolute atomic E-state index is 0.110. The summed E-state index contributed by atoms with van der Waals surface area (Å²) in [7, 11) is 0. The molecule has 0 unspecified atom stereocenters. The van der Waals surface area contributed by atoms with Gasteiger partial charge in [-0.2, -0.15) is 0 Å². The summed E-state index contributed by atoms with van der Waals surface area (Å²) in [4.78, 5) is 27.6. The van der Waals surface area contributed by atoms with E-state index in [-0.39, 0.29) is 15.6 Å². The predicted octanol–water partition coefficient (Wildman–Crippen LogP) is 7.75. The summed E-state index contributed by atoms with van der Waals surface area (Å²) in [5.74, 6) is -1.48. The second-order valence-corrected chi connectivity index (χ2v) is 12.0. The maximum absolute atomic E-state index is 12.7. The molecule has 1 amide bonds. The number of fused-ring (bicyclic) bond motifs is 3. The van der Waals surface area contributed by atoms with Gasteiger partial charge in [0, 0.05) is 22.5 Å². The van der Waals surface area contributed by atoms with E-state index in [4.69, 9.17) is 17.3 Å². The molecule has 1 N–H and O–H groups in total. The van der Waals surface area contributed by atoms with Crippen molar-refractivity contribution in [2.45, 2.75) is 19.3 Å². The Morgan fingerprint density at radius 3 is 2.23 bits per heavy atom. The molecule has 6 rings (SSSR count). The molecule has 1 fully saturated rings. The van der Waals surface area contributed by atoms with Crippen LogP contribution < -0.4 is 4.90 Å². The van der Waals surface area contributed by atoms with E-state index in [9.17, 15) is 9.59 Å². The van der Waals surface area contributed by atoms with Crippen molar-refractivity contribution in [3.8, 4) is 11.1 Å². The lowest BCUT2D eigenvalue weighted by Gasteiger charge is -2.28. The molecule has 1 saturated heterocycles. The van der Waals surface area contributed by atoms with E-state index < -0.39 is 12.5 Å². The van der Waals surface area contributed by atoms with Gasteiger partial charge in [0.2, 0.25) is 0 Å². The lowest BCUT2D eigenvalue weighted by Crippen LogP contribution is -2.33. The van der Waals surface area contributed by atoms with E-state index >= 15 is 0 Å². The molecule has 1 aliphatic heterocycles. The Hall–Kier alpha value is -4.20. The third kappa shape index (κ3) is 4.51. The molecule has 0 radical (unpaired) electrons. The predicted molar refractivity (Wildman–Crippen MR) is 166 cm³/mol. The van der Waals surface area contributed by atoms with Crippen LogP contribution in [-0.2, 0) is 15.0 Å². The molecule has 7 heteroatoms. The Balaban J connectivity index is 1.36. The molecule has 1 heterocycles. The van der Waals surface area contributed by atoms with E-state index in [1.165, 1.54) is 22.3 Å². The van der Waals surface area contributed by atoms with Gasteiger partial charge in [0.1, 0.15) is 10.9 Å². The third-order valence-electron chi connectivity index (χ3n) is 7.46. The van der Waals surface area contributed by atoms with Gasteiger partial charge in [0.05, 0.1) is 4.91 Å². The molecule has 40 heavy (non-hydrogen) atoms. The molecular formula is C33H26N2O3S2. The van der Waals surface area contributed by atoms with Gasteiger partial charge in [0.15, 0.2) is 0 Å². The number of thiocarbonyl (C=S) groups is 1. The molecular weight excluding hydrogens is 537 g/mol. The number of amides is 1. The van der Waals surface area contributed by atoms with Gasteiger partial charge < -0.3 is 10.0 Å². The number of carbonyl (C=O) groups excluding carboxylic acids is 1. The topological polar surface area (TPSA) is 60.9 Å². The standard InChI is InChI=1S/C33H26N2O3S2/c1-33(2)27-11-7-6-10-25(27)26-17-16-24(19-28(26)33)35(22-8-4-3-5-9-22)23-14-12-21(13-15-23)18-29-31(38)34(20-30(36)37)32(39)40-29/h3-19H,20H2,1-2H3,(H,36,37)/b29-18+. The van der Waals surface area contributed by atoms with Gasteiger partial charge in [-0.25, -0.2) is 0 Å². The lowest BCUT2D eigenvalue weighted by molar-refractivity contribution is -0.140. The van der Waals surface area contributed by atoms with Crippen LogP contribution in [0.5, 0.6) is 0 Å². The number of para-hydroxylation sites is 1. The fraction of sp³-hybridized carbons (Fsp3) is 0.121. The van der Waals surface area contributed by atoms with Crippen molar-refractivity contribution >= 4 is 63.3 Å². The minimum Gasteiger partial charge on any atom is -0.480 e. The monoisotopic (exact) mass is 562 g/mol. The van der Waals surface area contributed by atoms with E-state index in [0.29, 0.717) is 4.91 Å². The van der Waals surface area contributed by atoms with Crippen LogP contribution in [0, 0.1) is 0 Å². The number of rotatable bonds is 6. The van der Waals surface area contributed by atoms with Crippen LogP contribution in [0.15, 0.2) is 102 Å². The van der Waals surface area contributed by atoms with E-state index in [1.54, 1.807) is 6.08 Å². The van der Waals surface area contributed by atoms with Gasteiger partial charge in [0.25, 0.3) is 5.91 Å². The first-order chi connectivity index (χ1) is 19.2. The van der Waals surface area contributed by atoms with Gasteiger partial charge >= 0.3 is 5.97 Å². The normalized spacial score (nSPS) is 16.2. The maximum Gasteiger partial charge on any atom is 0.323 e. The van der Waals surface area contributed by atoms with Crippen molar-refractivity contribution < 1.29 is 14.7 Å². The van der Waals surface area contributed by atoms with Crippen molar-refractivity contribution in [3.05, 3.63) is 119 Å². The number of thioether (sulfide) groups is 1. The highest BCUT2D eigenvalue weighted by Crippen LogP contribution is 2.50. The number of hydrogen-bond acceptors (Lipinski definition) is 5. The summed E-state index contributed by atoms with van der Waals surface area (Å²) in [6, 6.07) is 33.6. The van der Waals surface area contributed by atoms with Crippen LogP contribution in [-0.4, -0.2) is 32.7 Å². The van der Waals surface area contributed by atoms with E-state index in [2.05, 4.69) is 73.3 Å². The first-order valence-corrected chi connectivity index (χ1v) is 14.1. The number of nitrogens with zero attached hydrogens (tertiary/aromatic N) is 2. The summed E-state index contributed by atoms with van der Waals surface area (Å²) < 4.78 is 0.257. The Kier molecular flexibility index (Phi) is 6.56. The maximum atomic E-state index is 12.7. The zero-order chi connectivity index (χ0) is 28.0. The molecule has 2 aliphatic rings. The number of hydrogen-bond donors (Lipinski definition) is 1. The summed E-state index contributed by atoms with van der Waals surface area (Å²) in [5, 5.41) is 9.09. The van der Waals surface area contributed by atoms with Crippen LogP contribution in [0.4, 0.5) is 17.1 Å². The SMILES string of the molecule is CC1(C)c2ccccc2-c2ccc(N(c3ccccc3)c3ccc(/C=C4/SC(=S)N(CC(=O)O)C4=O)cc3)cc21. The first kappa shape index (κ1) is 26.0. The van der Waals surface area contributed by atoms with Crippen LogP contribution in [0.1, 0.15) is 30.5 Å². The summed E-state index contributed by atoms with van der Waals surface area (Å²) in [6.45, 7) is 4.13. The Labute approximate surface area is 242 Å². The molecule has 0 saturated carbocycles. The van der Waals surface area contributed by atoms with Crippen LogP contribution >= 0.6 is 24.0 Å². The summed E-state index contributed by atoms with van der Waals surface area (Å²) in [5.41, 5.74) is 9.00. The number of anilines is 3. The summed E-state index contributed by atoms with van der Waals surface area (Å²) in [6.07, 6.45) is 1.76. The molecule has 0 bridgehead atoms. The van der Waals surface area contributed by atoms with Gasteiger partial charge in [-0.05, 0) is 70.3 Å². The number of benzene rings is 4. The summed E-state index contributed by atoms with van der Waals surface area (Å²) >= 11 is 6.35. The Morgan fingerprint density at radius 2 is 1.50 bits per heavy atom. The molecule has 0 aromatic heterocycles. The third-order valence-corrected chi connectivity index (χ3v) is 8.83. The second-order valence-electron chi connectivity index (χ2n) is 10.3. The van der Waals surface area contributed by atoms with Crippen LogP contribution in [0.25, 0.3) is 17.2 Å². The fourth-order valence-corrected chi connectivity index (χ4v) is 6.75. The highest BCUT2D eigenvalue weighted by Gasteiger charge is 2.36. The van der Waals surface area contributed by atoms with E-state index in [1.807, 2.05) is 42.5 Å². The van der Waals surface area contributed by atoms with Gasteiger partial charge in [-0.15, -0.1) is 0 Å². The molecule has 1 aliphatic carbocycles. The fourth-order valence-electron chi connectivity index (χ4n) is 5.50. The number of carboxylic acid groups (broad SMARTS) is 1. The van der Waals surface area contributed by atoms with Crippen molar-refractivity contribution in [3.63, 3.8) is 0 Å². The van der Waals surface area contributed by atoms with Crippen molar-refractivity contribution in [2.75, 3.05) is 11.4 Å². The lowest BCUT2D eigenvalue weighted by atomic mass is 9.82.